The lowest BCUT2D eigenvalue weighted by molar-refractivity contribution is 0.0949. The van der Waals surface area contributed by atoms with Crippen LogP contribution in [0.25, 0.3) is 0 Å². The second kappa shape index (κ2) is 6.65. The van der Waals surface area contributed by atoms with E-state index in [9.17, 15) is 4.79 Å². The zero-order valence-electron chi connectivity index (χ0n) is 13.2. The van der Waals surface area contributed by atoms with Crippen LogP contribution in [0.3, 0.4) is 0 Å². The fourth-order valence-electron chi connectivity index (χ4n) is 2.70. The second-order valence-corrected chi connectivity index (χ2v) is 5.87. The molecule has 0 aliphatic heterocycles. The average Bonchev–Trinajstić information content (AvgIpc) is 3.40. The molecule has 0 atom stereocenters. The van der Waals surface area contributed by atoms with Crippen LogP contribution in [0.15, 0.2) is 59.8 Å². The zero-order valence-corrected chi connectivity index (χ0v) is 13.2. The van der Waals surface area contributed by atoms with Gasteiger partial charge in [-0.15, -0.1) is 0 Å². The van der Waals surface area contributed by atoms with E-state index >= 15 is 0 Å². The first-order valence-electron chi connectivity index (χ1n) is 7.74. The van der Waals surface area contributed by atoms with E-state index < -0.39 is 0 Å². The highest BCUT2D eigenvalue weighted by atomic mass is 16.6. The lowest BCUT2D eigenvalue weighted by Gasteiger charge is -2.16. The molecular weight excluding hydrogens is 288 g/mol. The van der Waals surface area contributed by atoms with E-state index in [1.165, 1.54) is 12.7 Å². The molecule has 2 aromatic carbocycles. The van der Waals surface area contributed by atoms with E-state index in [4.69, 9.17) is 0 Å². The molecule has 2 aromatic rings. The van der Waals surface area contributed by atoms with Crippen molar-refractivity contribution in [3.63, 3.8) is 0 Å². The van der Waals surface area contributed by atoms with Gasteiger partial charge in [0.2, 0.25) is 0 Å². The van der Waals surface area contributed by atoms with Gasteiger partial charge in [-0.05, 0) is 36.1 Å². The highest BCUT2D eigenvalue weighted by Crippen LogP contribution is 2.47. The van der Waals surface area contributed by atoms with Gasteiger partial charge in [0.25, 0.3) is 5.91 Å². The zero-order chi connectivity index (χ0) is 16.1. The summed E-state index contributed by atoms with van der Waals surface area (Å²) in [5.74, 6) is -0.0394. The van der Waals surface area contributed by atoms with Crippen LogP contribution in [-0.2, 0) is 10.3 Å². The number of benzene rings is 2. The van der Waals surface area contributed by atoms with Crippen molar-refractivity contribution in [3.8, 4) is 0 Å². The van der Waals surface area contributed by atoms with Crippen LogP contribution in [0.1, 0.15) is 34.3 Å². The third kappa shape index (κ3) is 3.59. The van der Waals surface area contributed by atoms with Gasteiger partial charge in [0.05, 0.1) is 6.21 Å². The molecule has 0 bridgehead atoms. The summed E-state index contributed by atoms with van der Waals surface area (Å²) in [7, 11) is 1.50. The SMILES string of the molecule is CO/N=C/c1ccc(C(=O)NCC2(c3ccccc3)CC2)cc1. The Bertz CT molecular complexity index is 689. The maximum Gasteiger partial charge on any atom is 0.251 e. The minimum absolute atomic E-state index is 0.0394. The van der Waals surface area contributed by atoms with Crippen molar-refractivity contribution >= 4 is 12.1 Å². The van der Waals surface area contributed by atoms with Crippen LogP contribution < -0.4 is 5.32 Å². The number of rotatable bonds is 6. The van der Waals surface area contributed by atoms with Gasteiger partial charge >= 0.3 is 0 Å². The van der Waals surface area contributed by atoms with Crippen LogP contribution >= 0.6 is 0 Å². The van der Waals surface area contributed by atoms with Crippen LogP contribution in [0.5, 0.6) is 0 Å². The summed E-state index contributed by atoms with van der Waals surface area (Å²) in [4.78, 5) is 16.9. The van der Waals surface area contributed by atoms with Gasteiger partial charge in [0.1, 0.15) is 7.11 Å². The quantitative estimate of drug-likeness (QED) is 0.658. The Balaban J connectivity index is 1.60. The van der Waals surface area contributed by atoms with Gasteiger partial charge in [-0.3, -0.25) is 4.79 Å². The maximum absolute atomic E-state index is 12.3. The predicted octanol–water partition coefficient (Wildman–Crippen LogP) is 3.13. The summed E-state index contributed by atoms with van der Waals surface area (Å²) in [5.41, 5.74) is 2.99. The normalized spacial score (nSPS) is 15.3. The van der Waals surface area contributed by atoms with E-state index in [0.717, 1.165) is 18.4 Å². The van der Waals surface area contributed by atoms with Crippen molar-refractivity contribution in [2.45, 2.75) is 18.3 Å². The smallest absolute Gasteiger partial charge is 0.251 e. The molecule has 4 heteroatoms. The van der Waals surface area contributed by atoms with Gasteiger partial charge in [-0.25, -0.2) is 0 Å². The Labute approximate surface area is 136 Å². The summed E-state index contributed by atoms with van der Waals surface area (Å²) in [6, 6.07) is 17.7. The van der Waals surface area contributed by atoms with Gasteiger partial charge in [0, 0.05) is 17.5 Å². The first kappa shape index (κ1) is 15.3. The lowest BCUT2D eigenvalue weighted by Crippen LogP contribution is -2.32. The van der Waals surface area contributed by atoms with Crippen LogP contribution in [0.2, 0.25) is 0 Å². The molecule has 118 valence electrons. The van der Waals surface area contributed by atoms with Crippen molar-refractivity contribution < 1.29 is 9.63 Å². The van der Waals surface area contributed by atoms with Gasteiger partial charge < -0.3 is 10.2 Å². The molecule has 0 aromatic heterocycles. The van der Waals surface area contributed by atoms with E-state index in [1.54, 1.807) is 18.3 Å². The Morgan fingerprint density at radius 3 is 2.48 bits per heavy atom. The van der Waals surface area contributed by atoms with Crippen molar-refractivity contribution in [2.24, 2.45) is 5.16 Å². The molecule has 0 radical (unpaired) electrons. The van der Waals surface area contributed by atoms with Crippen molar-refractivity contribution in [1.29, 1.82) is 0 Å². The van der Waals surface area contributed by atoms with Crippen molar-refractivity contribution in [1.82, 2.24) is 5.32 Å². The summed E-state index contributed by atoms with van der Waals surface area (Å²) >= 11 is 0. The molecule has 3 rings (SSSR count). The van der Waals surface area contributed by atoms with Gasteiger partial charge in [-0.1, -0.05) is 47.6 Å². The first-order valence-corrected chi connectivity index (χ1v) is 7.74. The number of carbonyl (C=O) groups is 1. The molecular formula is C19H20N2O2. The number of nitrogens with zero attached hydrogens (tertiary/aromatic N) is 1. The monoisotopic (exact) mass is 308 g/mol. The second-order valence-electron chi connectivity index (χ2n) is 5.87. The first-order chi connectivity index (χ1) is 11.2. The van der Waals surface area contributed by atoms with Crippen molar-refractivity contribution in [2.75, 3.05) is 13.7 Å². The summed E-state index contributed by atoms with van der Waals surface area (Å²) in [6.07, 6.45) is 3.86. The standard InChI is InChI=1S/C19H20N2O2/c1-23-21-13-15-7-9-16(10-8-15)18(22)20-14-19(11-12-19)17-5-3-2-4-6-17/h2-10,13H,11-12,14H2,1H3,(H,20,22)/b21-13+. The van der Waals surface area contributed by atoms with E-state index in [2.05, 4.69) is 39.6 Å². The fraction of sp³-hybridized carbons (Fsp3) is 0.263. The fourth-order valence-corrected chi connectivity index (χ4v) is 2.70. The minimum atomic E-state index is -0.0394. The van der Waals surface area contributed by atoms with Crippen LogP contribution in [0.4, 0.5) is 0 Å². The molecule has 1 saturated carbocycles. The highest BCUT2D eigenvalue weighted by Gasteiger charge is 2.44. The van der Waals surface area contributed by atoms with Crippen LogP contribution in [0, 0.1) is 0 Å². The number of oxime groups is 1. The minimum Gasteiger partial charge on any atom is -0.399 e. The molecule has 0 saturated heterocycles. The van der Waals surface area contributed by atoms with Gasteiger partial charge in [0.15, 0.2) is 0 Å². The van der Waals surface area contributed by atoms with Gasteiger partial charge in [-0.2, -0.15) is 0 Å². The molecule has 1 aliphatic rings. The molecule has 1 N–H and O–H groups in total. The molecule has 0 heterocycles. The molecule has 0 unspecified atom stereocenters. The Morgan fingerprint density at radius 2 is 1.87 bits per heavy atom. The van der Waals surface area contributed by atoms with E-state index in [1.807, 2.05) is 18.2 Å². The average molecular weight is 308 g/mol. The predicted molar refractivity (Wildman–Crippen MR) is 90.7 cm³/mol. The van der Waals surface area contributed by atoms with E-state index in [0.29, 0.717) is 12.1 Å². The third-order valence-electron chi connectivity index (χ3n) is 4.31. The molecule has 23 heavy (non-hydrogen) atoms. The Kier molecular flexibility index (Phi) is 4.42. The lowest BCUT2D eigenvalue weighted by atomic mass is 9.96. The molecule has 4 nitrogen and oxygen atoms in total. The number of amides is 1. The number of carbonyl (C=O) groups excluding carboxylic acids is 1. The topological polar surface area (TPSA) is 50.7 Å². The largest absolute Gasteiger partial charge is 0.399 e. The van der Waals surface area contributed by atoms with Crippen molar-refractivity contribution in [3.05, 3.63) is 71.3 Å². The molecule has 1 fully saturated rings. The molecule has 1 amide bonds. The van der Waals surface area contributed by atoms with E-state index in [-0.39, 0.29) is 11.3 Å². The summed E-state index contributed by atoms with van der Waals surface area (Å²) < 4.78 is 0. The Hall–Kier alpha value is -2.62. The number of nitrogens with one attached hydrogen (secondary N) is 1. The summed E-state index contributed by atoms with van der Waals surface area (Å²) in [6.45, 7) is 0.683. The summed E-state index contributed by atoms with van der Waals surface area (Å²) in [5, 5.41) is 6.77. The van der Waals surface area contributed by atoms with Crippen LogP contribution in [-0.4, -0.2) is 25.8 Å². The number of hydrogen-bond donors (Lipinski definition) is 1. The molecule has 1 aliphatic carbocycles. The maximum atomic E-state index is 12.3. The Morgan fingerprint density at radius 1 is 1.17 bits per heavy atom. The number of hydrogen-bond acceptors (Lipinski definition) is 3. The molecule has 0 spiro atoms. The third-order valence-corrected chi connectivity index (χ3v) is 4.31. The highest BCUT2D eigenvalue weighted by molar-refractivity contribution is 5.95.